The Bertz CT molecular complexity index is 1410. The van der Waals surface area contributed by atoms with Crippen LogP contribution in [0.5, 0.6) is 0 Å². The standard InChI is InChI=1S/C26H25ClF3N5O2S/c27-18-3-1-16(21(13-18)26(28,29)30)12-20(15-2-4-22-17(11-15)14-31-34-22)23-24(37)33-25(38-23)32-19-5-7-35(8-6-19)9-10-36/h1-4,11,13-14,19,36H,5-10,12H2,(H,31,34)(H,32,33,37). The van der Waals surface area contributed by atoms with Crippen molar-refractivity contribution in [1.82, 2.24) is 20.4 Å². The van der Waals surface area contributed by atoms with Crippen molar-refractivity contribution in [1.29, 1.82) is 0 Å². The summed E-state index contributed by atoms with van der Waals surface area (Å²) < 4.78 is 41.7. The summed E-state index contributed by atoms with van der Waals surface area (Å²) >= 11 is 7.05. The van der Waals surface area contributed by atoms with Gasteiger partial charge in [0, 0.05) is 36.1 Å². The summed E-state index contributed by atoms with van der Waals surface area (Å²) in [7, 11) is 0. The van der Waals surface area contributed by atoms with Crippen LogP contribution in [0, 0.1) is 0 Å². The molecule has 0 atom stereocenters. The van der Waals surface area contributed by atoms with Gasteiger partial charge in [0.05, 0.1) is 28.8 Å². The van der Waals surface area contributed by atoms with Crippen LogP contribution in [-0.4, -0.2) is 63.6 Å². The van der Waals surface area contributed by atoms with Crippen molar-refractivity contribution in [2.75, 3.05) is 26.2 Å². The molecule has 38 heavy (non-hydrogen) atoms. The Morgan fingerprint density at radius 1 is 1.21 bits per heavy atom. The number of rotatable bonds is 6. The highest BCUT2D eigenvalue weighted by molar-refractivity contribution is 8.18. The van der Waals surface area contributed by atoms with Gasteiger partial charge in [0.15, 0.2) is 5.17 Å². The highest BCUT2D eigenvalue weighted by atomic mass is 35.5. The number of thioether (sulfide) groups is 1. The number of allylic oxidation sites excluding steroid dienone is 1. The molecule has 3 heterocycles. The molecule has 0 saturated carbocycles. The number of likely N-dealkylation sites (tertiary alicyclic amines) is 1. The van der Waals surface area contributed by atoms with E-state index < -0.39 is 17.6 Å². The zero-order valence-electron chi connectivity index (χ0n) is 20.2. The van der Waals surface area contributed by atoms with E-state index in [0.717, 1.165) is 54.7 Å². The number of aliphatic hydroxyl groups is 1. The van der Waals surface area contributed by atoms with Crippen molar-refractivity contribution < 1.29 is 23.1 Å². The molecule has 1 fully saturated rings. The number of aliphatic imine (C=N–C) groups is 1. The van der Waals surface area contributed by atoms with Crippen molar-refractivity contribution in [3.8, 4) is 0 Å². The Labute approximate surface area is 226 Å². The fourth-order valence-corrected chi connectivity index (χ4v) is 5.94. The first-order chi connectivity index (χ1) is 18.2. The number of fused-ring (bicyclic) bond motifs is 1. The van der Waals surface area contributed by atoms with E-state index in [4.69, 9.17) is 16.7 Å². The number of amidine groups is 1. The van der Waals surface area contributed by atoms with Gasteiger partial charge in [-0.2, -0.15) is 23.3 Å². The van der Waals surface area contributed by atoms with Crippen LogP contribution in [0.2, 0.25) is 5.02 Å². The fraction of sp³-hybridized carbons (Fsp3) is 0.346. The maximum atomic E-state index is 13.9. The van der Waals surface area contributed by atoms with Crippen LogP contribution in [-0.2, 0) is 17.4 Å². The minimum absolute atomic E-state index is 0.0127. The number of aliphatic hydroxyl groups excluding tert-OH is 1. The van der Waals surface area contributed by atoms with E-state index in [-0.39, 0.29) is 34.6 Å². The minimum Gasteiger partial charge on any atom is -0.395 e. The van der Waals surface area contributed by atoms with Crippen LogP contribution >= 0.6 is 23.4 Å². The molecule has 2 aliphatic rings. The average molecular weight is 564 g/mol. The van der Waals surface area contributed by atoms with Crippen molar-refractivity contribution >= 4 is 50.9 Å². The Kier molecular flexibility index (Phi) is 7.80. The van der Waals surface area contributed by atoms with E-state index in [9.17, 15) is 18.0 Å². The van der Waals surface area contributed by atoms with E-state index in [0.29, 0.717) is 22.8 Å². The largest absolute Gasteiger partial charge is 0.416 e. The van der Waals surface area contributed by atoms with Crippen LogP contribution in [0.4, 0.5) is 13.2 Å². The molecular formula is C26H25ClF3N5O2S. The smallest absolute Gasteiger partial charge is 0.395 e. The topological polar surface area (TPSA) is 93.6 Å². The first-order valence-corrected chi connectivity index (χ1v) is 13.3. The number of β-amino-alcohol motifs (C(OH)–C–C–N with tert-alkyl or cyclic N) is 1. The van der Waals surface area contributed by atoms with Crippen molar-refractivity contribution in [3.63, 3.8) is 0 Å². The molecule has 0 aliphatic carbocycles. The van der Waals surface area contributed by atoms with Crippen molar-refractivity contribution in [3.05, 3.63) is 69.2 Å². The van der Waals surface area contributed by atoms with Gasteiger partial charge in [-0.05, 0) is 72.0 Å². The monoisotopic (exact) mass is 563 g/mol. The Morgan fingerprint density at radius 2 is 2.00 bits per heavy atom. The molecule has 1 amide bonds. The third kappa shape index (κ3) is 5.90. The van der Waals surface area contributed by atoms with Crippen LogP contribution in [0.25, 0.3) is 16.5 Å². The summed E-state index contributed by atoms with van der Waals surface area (Å²) in [5.74, 6) is -0.486. The predicted molar refractivity (Wildman–Crippen MR) is 143 cm³/mol. The number of nitrogens with zero attached hydrogens (tertiary/aromatic N) is 3. The number of amides is 1. The number of nitrogens with one attached hydrogen (secondary N) is 2. The third-order valence-corrected chi connectivity index (χ3v) is 8.00. The molecular weight excluding hydrogens is 539 g/mol. The lowest BCUT2D eigenvalue weighted by molar-refractivity contribution is -0.138. The van der Waals surface area contributed by atoms with Crippen molar-refractivity contribution in [2.45, 2.75) is 31.5 Å². The number of hydrogen-bond donors (Lipinski definition) is 3. The highest BCUT2D eigenvalue weighted by Crippen LogP contribution is 2.40. The molecule has 0 radical (unpaired) electrons. The first kappa shape index (κ1) is 26.7. The highest BCUT2D eigenvalue weighted by Gasteiger charge is 2.35. The van der Waals surface area contributed by atoms with Gasteiger partial charge in [0.25, 0.3) is 5.91 Å². The fourth-order valence-electron chi connectivity index (χ4n) is 4.78. The molecule has 7 nitrogen and oxygen atoms in total. The zero-order chi connectivity index (χ0) is 26.9. The summed E-state index contributed by atoms with van der Waals surface area (Å²) in [6.07, 6.45) is -1.45. The van der Waals surface area contributed by atoms with Gasteiger partial charge in [0.2, 0.25) is 0 Å². The van der Waals surface area contributed by atoms with Gasteiger partial charge in [-0.15, -0.1) is 0 Å². The lowest BCUT2D eigenvalue weighted by Gasteiger charge is -2.32. The number of H-pyrrole nitrogens is 1. The Morgan fingerprint density at radius 3 is 2.74 bits per heavy atom. The second kappa shape index (κ2) is 11.1. The third-order valence-electron chi connectivity index (χ3n) is 6.73. The molecule has 200 valence electrons. The van der Waals surface area contributed by atoms with Gasteiger partial charge in [-0.3, -0.25) is 9.89 Å². The summed E-state index contributed by atoms with van der Waals surface area (Å²) in [6.45, 7) is 2.38. The molecule has 2 aliphatic heterocycles. The van der Waals surface area contributed by atoms with Gasteiger partial charge in [0.1, 0.15) is 0 Å². The molecule has 0 spiro atoms. The Hall–Kier alpha value is -2.86. The predicted octanol–water partition coefficient (Wildman–Crippen LogP) is 4.86. The number of aromatic nitrogens is 2. The second-order valence-corrected chi connectivity index (χ2v) is 10.7. The lowest BCUT2D eigenvalue weighted by Crippen LogP contribution is -2.44. The molecule has 3 aromatic rings. The number of aromatic amines is 1. The average Bonchev–Trinajstić information content (AvgIpc) is 3.49. The zero-order valence-corrected chi connectivity index (χ0v) is 21.8. The minimum atomic E-state index is -4.61. The van der Waals surface area contributed by atoms with Gasteiger partial charge >= 0.3 is 6.18 Å². The summed E-state index contributed by atoms with van der Waals surface area (Å²) in [4.78, 5) is 19.8. The van der Waals surface area contributed by atoms with E-state index in [1.165, 1.54) is 12.1 Å². The van der Waals surface area contributed by atoms with Crippen LogP contribution in [0.15, 0.2) is 52.5 Å². The number of alkyl halides is 3. The summed E-state index contributed by atoms with van der Waals surface area (Å²) in [6, 6.07) is 9.16. The summed E-state index contributed by atoms with van der Waals surface area (Å²) in [5.41, 5.74) is 1.03. The summed E-state index contributed by atoms with van der Waals surface area (Å²) in [5, 5.41) is 20.6. The number of halogens is 4. The molecule has 2 aromatic carbocycles. The number of benzene rings is 2. The van der Waals surface area contributed by atoms with Gasteiger partial charge in [-0.25, -0.2) is 0 Å². The molecule has 1 aromatic heterocycles. The number of carbonyl (C=O) groups is 1. The van der Waals surface area contributed by atoms with E-state index in [2.05, 4.69) is 25.4 Å². The number of carbonyl (C=O) groups excluding carboxylic acids is 1. The quantitative estimate of drug-likeness (QED) is 0.371. The molecule has 0 unspecified atom stereocenters. The maximum absolute atomic E-state index is 13.9. The molecule has 12 heteroatoms. The molecule has 3 N–H and O–H groups in total. The molecule has 0 bridgehead atoms. The number of piperidine rings is 1. The number of hydrogen-bond acceptors (Lipinski definition) is 6. The van der Waals surface area contributed by atoms with Gasteiger partial charge < -0.3 is 15.3 Å². The molecule has 1 saturated heterocycles. The van der Waals surface area contributed by atoms with E-state index in [1.54, 1.807) is 24.4 Å². The maximum Gasteiger partial charge on any atom is 0.416 e. The van der Waals surface area contributed by atoms with E-state index >= 15 is 0 Å². The van der Waals surface area contributed by atoms with Crippen LogP contribution in [0.1, 0.15) is 29.5 Å². The molecule has 5 rings (SSSR count). The lowest BCUT2D eigenvalue weighted by atomic mass is 9.93. The SMILES string of the molecule is O=C1N=C(NC2CCN(CCO)CC2)SC1=C(Cc1ccc(Cl)cc1C(F)(F)F)c1ccc2[nH]ncc2c1. The van der Waals surface area contributed by atoms with Crippen LogP contribution < -0.4 is 5.32 Å². The Balaban J connectivity index is 1.47. The second-order valence-electron chi connectivity index (χ2n) is 9.26. The van der Waals surface area contributed by atoms with Crippen LogP contribution in [0.3, 0.4) is 0 Å². The first-order valence-electron chi connectivity index (χ1n) is 12.1. The van der Waals surface area contributed by atoms with E-state index in [1.807, 2.05) is 0 Å². The van der Waals surface area contributed by atoms with Crippen molar-refractivity contribution in [2.24, 2.45) is 4.99 Å². The normalized spacial score (nSPS) is 18.8. The van der Waals surface area contributed by atoms with Gasteiger partial charge in [-0.1, -0.05) is 23.7 Å².